The molecule has 0 saturated heterocycles. The van der Waals surface area contributed by atoms with E-state index >= 15 is 0 Å². The third-order valence-electron chi connectivity index (χ3n) is 1.53. The first-order valence-electron chi connectivity index (χ1n) is 3.13. The zero-order valence-electron chi connectivity index (χ0n) is 5.95. The molecule has 0 atom stereocenters. The summed E-state index contributed by atoms with van der Waals surface area (Å²) in [5.74, 6) is 0. The van der Waals surface area contributed by atoms with Gasteiger partial charge in [-0.3, -0.25) is 0 Å². The van der Waals surface area contributed by atoms with Crippen LogP contribution >= 0.6 is 68.5 Å². The second-order valence-electron chi connectivity index (χ2n) is 2.32. The van der Waals surface area contributed by atoms with Crippen LogP contribution in [0.25, 0.3) is 9.40 Å². The fraction of sp³-hybridized carbons (Fsp3) is 0.143. The molecule has 0 nitrogen and oxygen atoms in total. The molecule has 0 aromatic carbocycles. The van der Waals surface area contributed by atoms with Crippen molar-refractivity contribution in [2.75, 3.05) is 0 Å². The number of hydrogen-bond acceptors (Lipinski definition) is 2. The van der Waals surface area contributed by atoms with Crippen molar-refractivity contribution < 1.29 is 0 Å². The summed E-state index contributed by atoms with van der Waals surface area (Å²) in [6.07, 6.45) is 0. The highest BCUT2D eigenvalue weighted by atomic mass is 127. The van der Waals surface area contributed by atoms with Gasteiger partial charge in [0.25, 0.3) is 0 Å². The Bertz CT molecular complexity index is 402. The largest absolute Gasteiger partial charge is 0.136 e. The van der Waals surface area contributed by atoms with Gasteiger partial charge in [-0.1, -0.05) is 23.2 Å². The fourth-order valence-electron chi connectivity index (χ4n) is 0.963. The molecule has 2 rings (SSSR count). The third kappa shape index (κ3) is 1.30. The molecule has 0 fully saturated rings. The molecule has 0 unspecified atom stereocenters. The number of thiophene rings is 2. The van der Waals surface area contributed by atoms with Crippen molar-refractivity contribution in [3.63, 3.8) is 0 Å². The summed E-state index contributed by atoms with van der Waals surface area (Å²) < 4.78 is 3.39. The van der Waals surface area contributed by atoms with Crippen LogP contribution in [0, 0.1) is 9.81 Å². The van der Waals surface area contributed by atoms with Gasteiger partial charge in [-0.15, -0.1) is 22.7 Å². The summed E-state index contributed by atoms with van der Waals surface area (Å²) in [6, 6.07) is 0. The van der Waals surface area contributed by atoms with Crippen LogP contribution in [0.3, 0.4) is 0 Å². The molecular weight excluding hydrogens is 346 g/mol. The fourth-order valence-corrected chi connectivity index (χ4v) is 4.91. The summed E-state index contributed by atoms with van der Waals surface area (Å²) in [5.41, 5.74) is 0. The number of fused-ring (bicyclic) bond motifs is 1. The van der Waals surface area contributed by atoms with Gasteiger partial charge in [0.05, 0.1) is 22.3 Å². The highest BCUT2D eigenvalue weighted by Crippen LogP contribution is 2.45. The van der Waals surface area contributed by atoms with E-state index < -0.39 is 0 Å². The third-order valence-corrected chi connectivity index (χ3v) is 6.60. The molecule has 2 aromatic rings. The van der Waals surface area contributed by atoms with E-state index in [2.05, 4.69) is 22.6 Å². The van der Waals surface area contributed by atoms with Crippen molar-refractivity contribution in [1.29, 1.82) is 0 Å². The predicted octanol–water partition coefficient (Wildman–Crippen LogP) is 5.18. The molecule has 0 aliphatic carbocycles. The molecule has 0 amide bonds. The van der Waals surface area contributed by atoms with E-state index in [9.17, 15) is 0 Å². The Morgan fingerprint density at radius 1 is 1.08 bits per heavy atom. The van der Waals surface area contributed by atoms with Crippen LogP contribution in [0.2, 0.25) is 10.0 Å². The Labute approximate surface area is 102 Å². The molecule has 2 aromatic heterocycles. The van der Waals surface area contributed by atoms with Crippen LogP contribution in [0.4, 0.5) is 0 Å². The van der Waals surface area contributed by atoms with Crippen LogP contribution in [-0.2, 0) is 0 Å². The molecule has 0 aliphatic heterocycles. The Morgan fingerprint density at radius 3 is 2.25 bits per heavy atom. The van der Waals surface area contributed by atoms with Crippen molar-refractivity contribution in [1.82, 2.24) is 0 Å². The standard InChI is InChI=1S/C7H3Cl2IS2/c1-2-3(8)5-6(11-2)4(9)7(10)12-5/h1H3. The maximum absolute atomic E-state index is 6.09. The van der Waals surface area contributed by atoms with E-state index in [0.717, 1.165) is 27.2 Å². The number of halogens is 3. The Balaban J connectivity index is 2.93. The van der Waals surface area contributed by atoms with Gasteiger partial charge in [0.1, 0.15) is 0 Å². The molecule has 12 heavy (non-hydrogen) atoms. The number of hydrogen-bond donors (Lipinski definition) is 0. The second-order valence-corrected chi connectivity index (χ2v) is 7.13. The minimum absolute atomic E-state index is 0.857. The lowest BCUT2D eigenvalue weighted by Gasteiger charge is -1.83. The molecule has 0 spiro atoms. The summed E-state index contributed by atoms with van der Waals surface area (Å²) in [4.78, 5) is 1.15. The van der Waals surface area contributed by atoms with E-state index in [4.69, 9.17) is 23.2 Å². The first-order valence-corrected chi connectivity index (χ1v) is 6.60. The summed E-state index contributed by atoms with van der Waals surface area (Å²) in [5, 5.41) is 1.72. The van der Waals surface area contributed by atoms with Crippen molar-refractivity contribution in [3.8, 4) is 0 Å². The second kappa shape index (κ2) is 3.28. The predicted molar refractivity (Wildman–Crippen MR) is 67.2 cm³/mol. The highest BCUT2D eigenvalue weighted by molar-refractivity contribution is 14.1. The van der Waals surface area contributed by atoms with Crippen LogP contribution in [0.5, 0.6) is 0 Å². The van der Waals surface area contributed by atoms with Gasteiger partial charge >= 0.3 is 0 Å². The Hall–Kier alpha value is 0.970. The molecular formula is C7H3Cl2IS2. The van der Waals surface area contributed by atoms with Crippen LogP contribution < -0.4 is 0 Å². The lowest BCUT2D eigenvalue weighted by molar-refractivity contribution is 1.66. The van der Waals surface area contributed by atoms with Crippen LogP contribution in [0.1, 0.15) is 4.88 Å². The Kier molecular flexibility index (Phi) is 2.60. The number of rotatable bonds is 0. The lowest BCUT2D eigenvalue weighted by atomic mass is 10.5. The van der Waals surface area contributed by atoms with E-state index in [1.54, 1.807) is 22.7 Å². The van der Waals surface area contributed by atoms with Crippen molar-refractivity contribution >= 4 is 77.9 Å². The van der Waals surface area contributed by atoms with E-state index in [1.165, 1.54) is 0 Å². The molecule has 5 heteroatoms. The maximum atomic E-state index is 6.09. The van der Waals surface area contributed by atoms with Crippen molar-refractivity contribution in [2.24, 2.45) is 0 Å². The minimum atomic E-state index is 0.857. The monoisotopic (exact) mass is 348 g/mol. The first kappa shape index (κ1) is 9.52. The average molecular weight is 349 g/mol. The summed E-state index contributed by atoms with van der Waals surface area (Å²) in [7, 11) is 0. The van der Waals surface area contributed by atoms with E-state index in [-0.39, 0.29) is 0 Å². The van der Waals surface area contributed by atoms with Gasteiger partial charge in [0.15, 0.2) is 0 Å². The van der Waals surface area contributed by atoms with E-state index in [1.807, 2.05) is 6.92 Å². The highest BCUT2D eigenvalue weighted by Gasteiger charge is 2.15. The molecule has 0 N–H and O–H groups in total. The Morgan fingerprint density at radius 2 is 1.67 bits per heavy atom. The SMILES string of the molecule is Cc1sc2c(Cl)c(I)sc2c1Cl. The van der Waals surface area contributed by atoms with Gasteiger partial charge in [-0.25, -0.2) is 0 Å². The van der Waals surface area contributed by atoms with Crippen LogP contribution in [-0.4, -0.2) is 0 Å². The smallest absolute Gasteiger partial charge is 0.0861 e. The normalized spacial score (nSPS) is 11.3. The minimum Gasteiger partial charge on any atom is -0.136 e. The summed E-state index contributed by atoms with van der Waals surface area (Å²) >= 11 is 17.7. The van der Waals surface area contributed by atoms with Gasteiger partial charge in [-0.2, -0.15) is 0 Å². The van der Waals surface area contributed by atoms with Crippen molar-refractivity contribution in [2.45, 2.75) is 6.92 Å². The molecule has 0 radical (unpaired) electrons. The maximum Gasteiger partial charge on any atom is 0.0861 e. The number of aryl methyl sites for hydroxylation is 1. The molecule has 0 saturated carbocycles. The first-order chi connectivity index (χ1) is 5.61. The average Bonchev–Trinajstić information content (AvgIpc) is 2.43. The molecule has 64 valence electrons. The van der Waals surface area contributed by atoms with Crippen LogP contribution in [0.15, 0.2) is 0 Å². The topological polar surface area (TPSA) is 0 Å². The van der Waals surface area contributed by atoms with Gasteiger partial charge < -0.3 is 0 Å². The molecule has 0 bridgehead atoms. The summed E-state index contributed by atoms with van der Waals surface area (Å²) in [6.45, 7) is 2.02. The quantitative estimate of drug-likeness (QED) is 0.575. The van der Waals surface area contributed by atoms with Crippen molar-refractivity contribution in [3.05, 3.63) is 17.8 Å². The zero-order valence-corrected chi connectivity index (χ0v) is 11.3. The van der Waals surface area contributed by atoms with Gasteiger partial charge in [0.2, 0.25) is 0 Å². The molecule has 0 aliphatic rings. The molecule has 2 heterocycles. The van der Waals surface area contributed by atoms with Gasteiger partial charge in [0, 0.05) is 4.88 Å². The zero-order chi connectivity index (χ0) is 8.88. The van der Waals surface area contributed by atoms with Gasteiger partial charge in [-0.05, 0) is 29.5 Å². The van der Waals surface area contributed by atoms with E-state index in [0.29, 0.717) is 0 Å². The lowest BCUT2D eigenvalue weighted by Crippen LogP contribution is -1.57.